The third kappa shape index (κ3) is 2.10. The average molecular weight is 291 g/mol. The summed E-state index contributed by atoms with van der Waals surface area (Å²) in [5.74, 6) is 1.48. The van der Waals surface area contributed by atoms with Gasteiger partial charge in [-0.1, -0.05) is 54.7 Å². The van der Waals surface area contributed by atoms with E-state index in [1.54, 1.807) is 0 Å². The molecule has 0 saturated heterocycles. The van der Waals surface area contributed by atoms with Crippen LogP contribution in [0.3, 0.4) is 0 Å². The second-order valence-electron chi connectivity index (χ2n) is 5.16. The molecular formula is C18H13NOS. The maximum absolute atomic E-state index is 6.12. The number of hydrogen-bond acceptors (Lipinski definition) is 3. The maximum atomic E-state index is 6.12. The van der Waals surface area contributed by atoms with Gasteiger partial charge < -0.3 is 4.42 Å². The summed E-state index contributed by atoms with van der Waals surface area (Å²) in [4.78, 5) is 4.48. The minimum atomic E-state index is 0.594. The fourth-order valence-electron chi connectivity index (χ4n) is 2.80. The lowest BCUT2D eigenvalue weighted by Crippen LogP contribution is -2.06. The molecule has 0 N–H and O–H groups in total. The lowest BCUT2D eigenvalue weighted by atomic mass is 9.91. The van der Waals surface area contributed by atoms with E-state index in [0.29, 0.717) is 10.5 Å². The van der Waals surface area contributed by atoms with Crippen molar-refractivity contribution < 1.29 is 4.42 Å². The zero-order valence-corrected chi connectivity index (χ0v) is 12.2. The predicted octanol–water partition coefficient (Wildman–Crippen LogP) is 4.84. The molecule has 0 unspecified atom stereocenters. The minimum Gasteiger partial charge on any atom is -0.437 e. The molecule has 0 spiro atoms. The van der Waals surface area contributed by atoms with Crippen LogP contribution in [0.5, 0.6) is 0 Å². The summed E-state index contributed by atoms with van der Waals surface area (Å²) >= 11 is 5.48. The van der Waals surface area contributed by atoms with Gasteiger partial charge in [-0.3, -0.25) is 0 Å². The number of fused-ring (bicyclic) bond motifs is 3. The Morgan fingerprint density at radius 1 is 0.905 bits per heavy atom. The van der Waals surface area contributed by atoms with Crippen molar-refractivity contribution >= 4 is 12.2 Å². The minimum absolute atomic E-state index is 0.594. The SMILES string of the molecule is S=c1nc(-c2ccccc2)oc2c1CCc1ccccc1-2. The highest BCUT2D eigenvalue weighted by molar-refractivity contribution is 7.71. The molecule has 21 heavy (non-hydrogen) atoms. The van der Waals surface area contributed by atoms with Gasteiger partial charge in [0.1, 0.15) is 10.4 Å². The lowest BCUT2D eigenvalue weighted by molar-refractivity contribution is 0.545. The first-order chi connectivity index (χ1) is 10.3. The van der Waals surface area contributed by atoms with E-state index in [-0.39, 0.29) is 0 Å². The van der Waals surface area contributed by atoms with E-state index in [0.717, 1.165) is 35.3 Å². The first kappa shape index (κ1) is 12.5. The van der Waals surface area contributed by atoms with Crippen LogP contribution in [0.4, 0.5) is 0 Å². The summed E-state index contributed by atoms with van der Waals surface area (Å²) < 4.78 is 6.77. The zero-order chi connectivity index (χ0) is 14.2. The molecule has 0 atom stereocenters. The Bertz CT molecular complexity index is 868. The van der Waals surface area contributed by atoms with Crippen LogP contribution in [0.15, 0.2) is 59.0 Å². The standard InChI is InChI=1S/C18H13NOS/c21-18-15-11-10-12-6-4-5-9-14(12)16(15)20-17(19-18)13-7-2-1-3-8-13/h1-9H,10-11H2. The first-order valence-electron chi connectivity index (χ1n) is 7.00. The van der Waals surface area contributed by atoms with Crippen LogP contribution in [-0.4, -0.2) is 4.98 Å². The monoisotopic (exact) mass is 291 g/mol. The number of aryl methyl sites for hydroxylation is 1. The van der Waals surface area contributed by atoms with E-state index in [1.165, 1.54) is 5.56 Å². The first-order valence-corrected chi connectivity index (χ1v) is 7.41. The molecule has 0 saturated carbocycles. The van der Waals surface area contributed by atoms with Gasteiger partial charge >= 0.3 is 0 Å². The number of hydrogen-bond donors (Lipinski definition) is 0. The number of nitrogens with zero attached hydrogens (tertiary/aromatic N) is 1. The van der Waals surface area contributed by atoms with E-state index in [9.17, 15) is 0 Å². The van der Waals surface area contributed by atoms with Gasteiger partial charge in [-0.05, 0) is 30.5 Å². The van der Waals surface area contributed by atoms with Crippen LogP contribution in [-0.2, 0) is 12.8 Å². The normalized spacial score (nSPS) is 12.6. The Kier molecular flexibility index (Phi) is 2.93. The highest BCUT2D eigenvalue weighted by atomic mass is 32.1. The van der Waals surface area contributed by atoms with Crippen LogP contribution in [0.2, 0.25) is 0 Å². The quantitative estimate of drug-likeness (QED) is 0.600. The van der Waals surface area contributed by atoms with Crippen molar-refractivity contribution in [2.24, 2.45) is 0 Å². The van der Waals surface area contributed by atoms with Crippen molar-refractivity contribution in [3.63, 3.8) is 0 Å². The van der Waals surface area contributed by atoms with Crippen LogP contribution in [0.25, 0.3) is 22.8 Å². The summed E-state index contributed by atoms with van der Waals surface area (Å²) in [6, 6.07) is 18.3. The largest absolute Gasteiger partial charge is 0.437 e. The molecule has 1 aromatic heterocycles. The number of aromatic nitrogens is 1. The third-order valence-electron chi connectivity index (χ3n) is 3.86. The van der Waals surface area contributed by atoms with Crippen molar-refractivity contribution in [2.45, 2.75) is 12.8 Å². The van der Waals surface area contributed by atoms with Gasteiger partial charge in [0.15, 0.2) is 0 Å². The van der Waals surface area contributed by atoms with Crippen molar-refractivity contribution in [3.8, 4) is 22.8 Å². The van der Waals surface area contributed by atoms with Gasteiger partial charge in [-0.15, -0.1) is 0 Å². The van der Waals surface area contributed by atoms with Crippen molar-refractivity contribution in [3.05, 3.63) is 70.4 Å². The fraction of sp³-hybridized carbons (Fsp3) is 0.111. The second kappa shape index (κ2) is 4.93. The zero-order valence-electron chi connectivity index (χ0n) is 11.4. The van der Waals surface area contributed by atoms with Gasteiger partial charge in [0, 0.05) is 16.7 Å². The molecule has 2 nitrogen and oxygen atoms in total. The summed E-state index contributed by atoms with van der Waals surface area (Å²) in [7, 11) is 0. The van der Waals surface area contributed by atoms with Gasteiger partial charge in [0.2, 0.25) is 5.89 Å². The van der Waals surface area contributed by atoms with E-state index in [1.807, 2.05) is 36.4 Å². The van der Waals surface area contributed by atoms with Crippen LogP contribution in [0, 0.1) is 4.64 Å². The molecule has 0 aliphatic heterocycles. The third-order valence-corrected chi connectivity index (χ3v) is 4.20. The van der Waals surface area contributed by atoms with E-state index >= 15 is 0 Å². The van der Waals surface area contributed by atoms with Gasteiger partial charge in [0.05, 0.1) is 0 Å². The van der Waals surface area contributed by atoms with Crippen molar-refractivity contribution in [2.75, 3.05) is 0 Å². The Morgan fingerprint density at radius 3 is 2.52 bits per heavy atom. The fourth-order valence-corrected chi connectivity index (χ4v) is 3.08. The molecule has 0 bridgehead atoms. The smallest absolute Gasteiger partial charge is 0.227 e. The van der Waals surface area contributed by atoms with Crippen LogP contribution < -0.4 is 0 Å². The molecule has 102 valence electrons. The topological polar surface area (TPSA) is 26.0 Å². The molecule has 1 heterocycles. The van der Waals surface area contributed by atoms with E-state index in [4.69, 9.17) is 16.6 Å². The molecule has 0 fully saturated rings. The molecule has 3 heteroatoms. The summed E-state index contributed by atoms with van der Waals surface area (Å²) in [6.07, 6.45) is 1.89. The molecule has 0 amide bonds. The average Bonchev–Trinajstić information content (AvgIpc) is 2.55. The molecule has 3 aromatic rings. The predicted molar refractivity (Wildman–Crippen MR) is 85.6 cm³/mol. The van der Waals surface area contributed by atoms with Gasteiger partial charge in [0.25, 0.3) is 0 Å². The Hall–Kier alpha value is -2.26. The highest BCUT2D eigenvalue weighted by Crippen LogP contribution is 2.35. The van der Waals surface area contributed by atoms with Crippen LogP contribution in [0.1, 0.15) is 11.1 Å². The molecule has 1 aliphatic carbocycles. The maximum Gasteiger partial charge on any atom is 0.227 e. The molecule has 4 rings (SSSR count). The number of benzene rings is 2. The Labute approximate surface area is 128 Å². The van der Waals surface area contributed by atoms with Crippen molar-refractivity contribution in [1.82, 2.24) is 4.98 Å². The summed E-state index contributed by atoms with van der Waals surface area (Å²) in [6.45, 7) is 0. The number of rotatable bonds is 1. The summed E-state index contributed by atoms with van der Waals surface area (Å²) in [5, 5.41) is 0. The molecule has 2 aromatic carbocycles. The van der Waals surface area contributed by atoms with E-state index < -0.39 is 0 Å². The Morgan fingerprint density at radius 2 is 1.67 bits per heavy atom. The molecule has 1 aliphatic rings. The van der Waals surface area contributed by atoms with Crippen molar-refractivity contribution in [1.29, 1.82) is 0 Å². The van der Waals surface area contributed by atoms with Gasteiger partial charge in [-0.2, -0.15) is 0 Å². The van der Waals surface area contributed by atoms with Crippen LogP contribution >= 0.6 is 12.2 Å². The Balaban J connectivity index is 1.97. The van der Waals surface area contributed by atoms with Gasteiger partial charge in [-0.25, -0.2) is 4.98 Å². The molecular weight excluding hydrogens is 278 g/mol. The highest BCUT2D eigenvalue weighted by Gasteiger charge is 2.21. The summed E-state index contributed by atoms with van der Waals surface area (Å²) in [5.41, 5.74) is 4.47. The second-order valence-corrected chi connectivity index (χ2v) is 5.54. The lowest BCUT2D eigenvalue weighted by Gasteiger charge is -2.18. The van der Waals surface area contributed by atoms with E-state index in [2.05, 4.69) is 23.2 Å². The molecule has 0 radical (unpaired) electrons.